The number of likely N-dealkylation sites (tertiary alicyclic amines) is 1. The molecular formula is C26H28N4O2. The third kappa shape index (κ3) is 3.81. The fraction of sp³-hybridized carbons (Fsp3) is 0.346. The van der Waals surface area contributed by atoms with E-state index in [1.807, 2.05) is 52.0 Å². The zero-order valence-electron chi connectivity index (χ0n) is 18.4. The Labute approximate surface area is 188 Å². The van der Waals surface area contributed by atoms with Crippen LogP contribution in [0.2, 0.25) is 0 Å². The monoisotopic (exact) mass is 428 g/mol. The minimum Gasteiger partial charge on any atom is -0.337 e. The first kappa shape index (κ1) is 20.5. The Bertz CT molecular complexity index is 1140. The average Bonchev–Trinajstić information content (AvgIpc) is 3.43. The number of aromatic nitrogens is 2. The first-order chi connectivity index (χ1) is 15.6. The van der Waals surface area contributed by atoms with Gasteiger partial charge >= 0.3 is 0 Å². The number of nitrogens with zero attached hydrogens (tertiary/aromatic N) is 3. The van der Waals surface area contributed by atoms with E-state index >= 15 is 0 Å². The molecule has 0 spiro atoms. The third-order valence-electron chi connectivity index (χ3n) is 6.67. The van der Waals surface area contributed by atoms with Crippen molar-refractivity contribution in [1.82, 2.24) is 14.7 Å². The van der Waals surface area contributed by atoms with E-state index in [2.05, 4.69) is 24.4 Å². The van der Waals surface area contributed by atoms with E-state index in [0.29, 0.717) is 31.6 Å². The summed E-state index contributed by atoms with van der Waals surface area (Å²) in [6.07, 6.45) is 4.25. The predicted octanol–water partition coefficient (Wildman–Crippen LogP) is 4.16. The fourth-order valence-corrected chi connectivity index (χ4v) is 4.87. The van der Waals surface area contributed by atoms with E-state index in [0.717, 1.165) is 41.8 Å². The van der Waals surface area contributed by atoms with Gasteiger partial charge in [0.25, 0.3) is 5.91 Å². The van der Waals surface area contributed by atoms with Crippen LogP contribution in [-0.2, 0) is 17.6 Å². The minimum atomic E-state index is -0.0745. The second kappa shape index (κ2) is 8.61. The van der Waals surface area contributed by atoms with Gasteiger partial charge in [-0.3, -0.25) is 9.59 Å². The van der Waals surface area contributed by atoms with Crippen LogP contribution in [0.3, 0.4) is 0 Å². The highest BCUT2D eigenvalue weighted by molar-refractivity contribution is 5.95. The van der Waals surface area contributed by atoms with Gasteiger partial charge in [0, 0.05) is 36.0 Å². The van der Waals surface area contributed by atoms with Gasteiger partial charge in [0.15, 0.2) is 5.69 Å². The molecule has 0 atom stereocenters. The molecule has 1 N–H and O–H groups in total. The molecule has 5 rings (SSSR count). The van der Waals surface area contributed by atoms with Crippen LogP contribution in [0, 0.1) is 12.8 Å². The second-order valence-electron chi connectivity index (χ2n) is 8.75. The van der Waals surface area contributed by atoms with Crippen LogP contribution in [0.25, 0.3) is 5.69 Å². The Hall–Kier alpha value is -3.41. The lowest BCUT2D eigenvalue weighted by Crippen LogP contribution is -2.41. The van der Waals surface area contributed by atoms with E-state index in [1.165, 1.54) is 5.69 Å². The molecule has 32 heavy (non-hydrogen) atoms. The average molecular weight is 429 g/mol. The predicted molar refractivity (Wildman–Crippen MR) is 124 cm³/mol. The van der Waals surface area contributed by atoms with Crippen molar-refractivity contribution < 1.29 is 9.59 Å². The molecule has 2 amide bonds. The van der Waals surface area contributed by atoms with Crippen LogP contribution in [0.5, 0.6) is 0 Å². The molecule has 6 heteroatoms. The molecule has 2 aliphatic rings. The summed E-state index contributed by atoms with van der Waals surface area (Å²) in [5.74, 6) is -0.0417. The summed E-state index contributed by atoms with van der Waals surface area (Å²) in [5.41, 5.74) is 5.86. The van der Waals surface area contributed by atoms with Gasteiger partial charge in [0.2, 0.25) is 5.91 Å². The zero-order chi connectivity index (χ0) is 22.1. The second-order valence-corrected chi connectivity index (χ2v) is 8.75. The van der Waals surface area contributed by atoms with Crippen molar-refractivity contribution in [3.05, 3.63) is 77.1 Å². The molecule has 164 valence electrons. The Balaban J connectivity index is 1.29. The van der Waals surface area contributed by atoms with Gasteiger partial charge in [-0.1, -0.05) is 36.4 Å². The number of benzene rings is 2. The molecule has 0 unspecified atom stereocenters. The highest BCUT2D eigenvalue weighted by Crippen LogP contribution is 2.30. The molecule has 6 nitrogen and oxygen atoms in total. The fourth-order valence-electron chi connectivity index (χ4n) is 4.87. The van der Waals surface area contributed by atoms with Gasteiger partial charge in [0.1, 0.15) is 0 Å². The number of hydrogen-bond acceptors (Lipinski definition) is 3. The molecule has 0 bridgehead atoms. The van der Waals surface area contributed by atoms with Crippen LogP contribution < -0.4 is 5.32 Å². The maximum Gasteiger partial charge on any atom is 0.274 e. The summed E-state index contributed by atoms with van der Waals surface area (Å²) in [5, 5.41) is 7.78. The van der Waals surface area contributed by atoms with Crippen molar-refractivity contribution in [2.24, 2.45) is 5.92 Å². The van der Waals surface area contributed by atoms with Crippen molar-refractivity contribution in [1.29, 1.82) is 0 Å². The Morgan fingerprint density at radius 3 is 2.44 bits per heavy atom. The van der Waals surface area contributed by atoms with Gasteiger partial charge in [0.05, 0.1) is 5.69 Å². The van der Waals surface area contributed by atoms with E-state index in [4.69, 9.17) is 5.10 Å². The number of piperidine rings is 1. The third-order valence-corrected chi connectivity index (χ3v) is 6.67. The zero-order valence-corrected chi connectivity index (χ0v) is 18.4. The van der Waals surface area contributed by atoms with Gasteiger partial charge in [-0.15, -0.1) is 0 Å². The number of anilines is 1. The van der Waals surface area contributed by atoms with Gasteiger partial charge in [-0.25, -0.2) is 4.68 Å². The Morgan fingerprint density at radius 1 is 0.969 bits per heavy atom. The molecule has 0 saturated carbocycles. The molecule has 2 heterocycles. The number of amides is 2. The number of para-hydroxylation sites is 2. The van der Waals surface area contributed by atoms with E-state index < -0.39 is 0 Å². The van der Waals surface area contributed by atoms with Crippen molar-refractivity contribution in [2.45, 2.75) is 39.0 Å². The minimum absolute atomic E-state index is 0.00241. The standard InChI is InChI=1S/C26H28N4O2/c1-18-8-5-6-12-22(18)30-23-13-7-11-21(23)24(28-30)26(32)29-16-14-19(15-17-29)25(31)27-20-9-3-2-4-10-20/h2-6,8-10,12,19H,7,11,13-17H2,1H3,(H,27,31). The number of hydrogen-bond donors (Lipinski definition) is 1. The smallest absolute Gasteiger partial charge is 0.274 e. The number of aryl methyl sites for hydroxylation is 1. The van der Waals surface area contributed by atoms with E-state index in [1.54, 1.807) is 0 Å². The van der Waals surface area contributed by atoms with Crippen LogP contribution in [0.4, 0.5) is 5.69 Å². The number of rotatable bonds is 4. The molecule has 0 radical (unpaired) electrons. The topological polar surface area (TPSA) is 67.2 Å². The number of nitrogens with one attached hydrogen (secondary N) is 1. The Kier molecular flexibility index (Phi) is 5.52. The van der Waals surface area contributed by atoms with Crippen LogP contribution in [0.15, 0.2) is 54.6 Å². The summed E-state index contributed by atoms with van der Waals surface area (Å²) >= 11 is 0. The first-order valence-electron chi connectivity index (χ1n) is 11.4. The van der Waals surface area contributed by atoms with E-state index in [-0.39, 0.29) is 17.7 Å². The maximum absolute atomic E-state index is 13.4. The highest BCUT2D eigenvalue weighted by Gasteiger charge is 2.33. The van der Waals surface area contributed by atoms with Gasteiger partial charge in [-0.2, -0.15) is 5.10 Å². The van der Waals surface area contributed by atoms with Crippen molar-refractivity contribution in [2.75, 3.05) is 18.4 Å². The van der Waals surface area contributed by atoms with Crippen molar-refractivity contribution in [3.63, 3.8) is 0 Å². The molecule has 2 aromatic carbocycles. The largest absolute Gasteiger partial charge is 0.337 e. The lowest BCUT2D eigenvalue weighted by molar-refractivity contribution is -0.121. The van der Waals surface area contributed by atoms with Crippen molar-refractivity contribution >= 4 is 17.5 Å². The number of carbonyl (C=O) groups excluding carboxylic acids is 2. The SMILES string of the molecule is Cc1ccccc1-n1nc(C(=O)N2CCC(C(=O)Nc3ccccc3)CC2)c2c1CCC2. The summed E-state index contributed by atoms with van der Waals surface area (Å²) in [6, 6.07) is 17.7. The summed E-state index contributed by atoms with van der Waals surface area (Å²) in [4.78, 5) is 27.9. The molecule has 1 fully saturated rings. The molecule has 3 aromatic rings. The van der Waals surface area contributed by atoms with Crippen LogP contribution in [-0.4, -0.2) is 39.6 Å². The highest BCUT2D eigenvalue weighted by atomic mass is 16.2. The summed E-state index contributed by atoms with van der Waals surface area (Å²) in [6.45, 7) is 3.24. The normalized spacial score (nSPS) is 16.1. The van der Waals surface area contributed by atoms with E-state index in [9.17, 15) is 9.59 Å². The summed E-state index contributed by atoms with van der Waals surface area (Å²) in [7, 11) is 0. The molecule has 1 aliphatic heterocycles. The molecule has 1 aliphatic carbocycles. The molecular weight excluding hydrogens is 400 g/mol. The van der Waals surface area contributed by atoms with Crippen LogP contribution in [0.1, 0.15) is 46.6 Å². The molecule has 1 aromatic heterocycles. The summed E-state index contributed by atoms with van der Waals surface area (Å²) < 4.78 is 1.98. The van der Waals surface area contributed by atoms with Gasteiger partial charge in [-0.05, 0) is 62.8 Å². The maximum atomic E-state index is 13.4. The van der Waals surface area contributed by atoms with Gasteiger partial charge < -0.3 is 10.2 Å². The van der Waals surface area contributed by atoms with Crippen molar-refractivity contribution in [3.8, 4) is 5.69 Å². The lowest BCUT2D eigenvalue weighted by atomic mass is 9.95. The first-order valence-corrected chi connectivity index (χ1v) is 11.4. The molecule has 1 saturated heterocycles. The lowest BCUT2D eigenvalue weighted by Gasteiger charge is -2.31. The van der Waals surface area contributed by atoms with Crippen LogP contribution >= 0.6 is 0 Å². The number of fused-ring (bicyclic) bond motifs is 1. The Morgan fingerprint density at radius 2 is 1.69 bits per heavy atom. The quantitative estimate of drug-likeness (QED) is 0.679. The number of carbonyl (C=O) groups is 2.